The van der Waals surface area contributed by atoms with Gasteiger partial charge in [-0.25, -0.2) is 4.98 Å². The van der Waals surface area contributed by atoms with Crippen molar-refractivity contribution in [2.45, 2.75) is 25.6 Å². The maximum absolute atomic E-state index is 11.4. The Morgan fingerprint density at radius 1 is 1.56 bits per heavy atom. The molecule has 0 bridgehead atoms. The lowest BCUT2D eigenvalue weighted by Gasteiger charge is -2.17. The van der Waals surface area contributed by atoms with E-state index in [1.54, 1.807) is 0 Å². The molecule has 7 nitrogen and oxygen atoms in total. The molecule has 0 aromatic carbocycles. The quantitative estimate of drug-likeness (QED) is 0.572. The fourth-order valence-corrected chi connectivity index (χ4v) is 1.99. The highest BCUT2D eigenvalue weighted by Gasteiger charge is 2.25. The first-order chi connectivity index (χ1) is 8.43. The first-order valence-electron chi connectivity index (χ1n) is 5.19. The Kier molecular flexibility index (Phi) is 5.32. The minimum absolute atomic E-state index is 0.0984. The van der Waals surface area contributed by atoms with Gasteiger partial charge in [0.1, 0.15) is 11.7 Å². The van der Waals surface area contributed by atoms with Gasteiger partial charge in [-0.15, -0.1) is 0 Å². The predicted octanol–water partition coefficient (Wildman–Crippen LogP) is -0.460. The van der Waals surface area contributed by atoms with E-state index in [2.05, 4.69) is 9.97 Å². The average molecular weight is 274 g/mol. The van der Waals surface area contributed by atoms with Crippen LogP contribution in [0.2, 0.25) is 0 Å². The van der Waals surface area contributed by atoms with Crippen LogP contribution in [0.4, 0.5) is 0 Å². The van der Waals surface area contributed by atoms with E-state index in [9.17, 15) is 24.9 Å². The van der Waals surface area contributed by atoms with Gasteiger partial charge in [0, 0.05) is 12.7 Å². The van der Waals surface area contributed by atoms with Gasteiger partial charge < -0.3 is 20.3 Å². The molecule has 0 spiro atoms. The lowest BCUT2D eigenvalue weighted by atomic mass is 10.1. The van der Waals surface area contributed by atoms with Crippen molar-refractivity contribution in [3.63, 3.8) is 0 Å². The molecule has 8 heteroatoms. The molecule has 18 heavy (non-hydrogen) atoms. The molecule has 2 atom stereocenters. The molecule has 0 amide bonds. The third-order valence-corrected chi connectivity index (χ3v) is 3.09. The summed E-state index contributed by atoms with van der Waals surface area (Å²) in [6.07, 6.45) is -1.70. The third-order valence-electron chi connectivity index (χ3n) is 2.25. The normalized spacial score (nSPS) is 14.2. The molecule has 1 aromatic rings. The minimum Gasteiger partial charge on any atom is -0.493 e. The van der Waals surface area contributed by atoms with Crippen LogP contribution in [0.5, 0.6) is 5.88 Å². The minimum atomic E-state index is -1.55. The van der Waals surface area contributed by atoms with Crippen LogP contribution in [0.25, 0.3) is 0 Å². The number of aromatic nitrogens is 2. The molecule has 0 aliphatic heterocycles. The molecule has 0 aliphatic rings. The number of nitrogens with zero attached hydrogens (tertiary/aromatic N) is 1. The van der Waals surface area contributed by atoms with Crippen molar-refractivity contribution in [1.29, 1.82) is 0 Å². The molecule has 0 aliphatic carbocycles. The standard InChI is InChI=1S/C10H14N2O5S/c1-5(13)18-3-2-6(14)8(15)7-9(16)11-4-12-10(7)17/h4,6,8,14-15H,2-3H2,1H3,(H2,11,12,16,17). The maximum Gasteiger partial charge on any atom is 0.260 e. The second-order valence-electron chi connectivity index (χ2n) is 3.61. The molecule has 1 heterocycles. The Hall–Kier alpha value is -1.38. The number of carbonyl (C=O) groups excluding carboxylic acids is 1. The van der Waals surface area contributed by atoms with E-state index in [1.165, 1.54) is 6.92 Å². The number of hydrogen-bond acceptors (Lipinski definition) is 7. The maximum atomic E-state index is 11.4. The number of nitrogens with one attached hydrogen (secondary N) is 1. The van der Waals surface area contributed by atoms with Gasteiger partial charge in [0.05, 0.1) is 12.4 Å². The van der Waals surface area contributed by atoms with Crippen LogP contribution in [0.1, 0.15) is 25.0 Å². The summed E-state index contributed by atoms with van der Waals surface area (Å²) in [7, 11) is 0. The predicted molar refractivity (Wildman–Crippen MR) is 65.2 cm³/mol. The van der Waals surface area contributed by atoms with Crippen molar-refractivity contribution < 1.29 is 20.1 Å². The zero-order valence-electron chi connectivity index (χ0n) is 9.66. The van der Waals surface area contributed by atoms with E-state index in [0.29, 0.717) is 5.75 Å². The molecule has 2 unspecified atom stereocenters. The first kappa shape index (κ1) is 14.7. The lowest BCUT2D eigenvalue weighted by Crippen LogP contribution is -2.26. The summed E-state index contributed by atoms with van der Waals surface area (Å²) in [5, 5.41) is 28.7. The molecule has 1 aromatic heterocycles. The SMILES string of the molecule is CC(=O)SCCC(O)C(O)c1c(O)nc[nH]c1=O. The van der Waals surface area contributed by atoms with Gasteiger partial charge in [0.2, 0.25) is 5.88 Å². The molecule has 4 N–H and O–H groups in total. The number of thioether (sulfide) groups is 1. The second-order valence-corrected chi connectivity index (χ2v) is 4.88. The summed E-state index contributed by atoms with van der Waals surface area (Å²) in [4.78, 5) is 27.7. The molecule has 100 valence electrons. The van der Waals surface area contributed by atoms with E-state index >= 15 is 0 Å². The molecule has 0 fully saturated rings. The molecular weight excluding hydrogens is 260 g/mol. The highest BCUT2D eigenvalue weighted by molar-refractivity contribution is 8.13. The smallest absolute Gasteiger partial charge is 0.260 e. The van der Waals surface area contributed by atoms with E-state index in [4.69, 9.17) is 0 Å². The van der Waals surface area contributed by atoms with Gasteiger partial charge in [-0.2, -0.15) is 0 Å². The van der Waals surface area contributed by atoms with E-state index < -0.39 is 23.6 Å². The summed E-state index contributed by atoms with van der Waals surface area (Å²) in [5.74, 6) is -0.309. The van der Waals surface area contributed by atoms with E-state index in [-0.39, 0.29) is 17.1 Å². The van der Waals surface area contributed by atoms with Crippen molar-refractivity contribution in [3.8, 4) is 5.88 Å². The zero-order valence-corrected chi connectivity index (χ0v) is 10.5. The molecule has 0 saturated carbocycles. The van der Waals surface area contributed by atoms with Crippen LogP contribution < -0.4 is 5.56 Å². The number of hydrogen-bond donors (Lipinski definition) is 4. The Balaban J connectivity index is 2.71. The number of aliphatic hydroxyl groups is 2. The van der Waals surface area contributed by atoms with Crippen molar-refractivity contribution in [2.24, 2.45) is 0 Å². The van der Waals surface area contributed by atoms with E-state index in [0.717, 1.165) is 18.1 Å². The average Bonchev–Trinajstić information content (AvgIpc) is 2.27. The number of rotatable bonds is 5. The topological polar surface area (TPSA) is 124 Å². The summed E-state index contributed by atoms with van der Waals surface area (Å²) in [6, 6.07) is 0. The molecule has 0 saturated heterocycles. The summed E-state index contributed by atoms with van der Waals surface area (Å²) >= 11 is 1.01. The number of carbonyl (C=O) groups is 1. The van der Waals surface area contributed by atoms with Crippen LogP contribution in [-0.4, -0.2) is 42.3 Å². The van der Waals surface area contributed by atoms with Crippen molar-refractivity contribution in [2.75, 3.05) is 5.75 Å². The second kappa shape index (κ2) is 6.53. The Labute approximate surface area is 107 Å². The Morgan fingerprint density at radius 2 is 2.22 bits per heavy atom. The van der Waals surface area contributed by atoms with Crippen LogP contribution >= 0.6 is 11.8 Å². The summed E-state index contributed by atoms with van der Waals surface area (Å²) in [5.41, 5.74) is -1.09. The highest BCUT2D eigenvalue weighted by Crippen LogP contribution is 2.22. The molecule has 0 radical (unpaired) electrons. The number of aliphatic hydroxyl groups excluding tert-OH is 2. The molecular formula is C10H14N2O5S. The van der Waals surface area contributed by atoms with Crippen LogP contribution in [-0.2, 0) is 4.79 Å². The lowest BCUT2D eigenvalue weighted by molar-refractivity contribution is -0.109. The number of aromatic hydroxyl groups is 1. The van der Waals surface area contributed by atoms with Crippen molar-refractivity contribution in [3.05, 3.63) is 22.2 Å². The largest absolute Gasteiger partial charge is 0.493 e. The highest BCUT2D eigenvalue weighted by atomic mass is 32.2. The van der Waals surface area contributed by atoms with Gasteiger partial charge in [-0.3, -0.25) is 9.59 Å². The fraction of sp³-hybridized carbons (Fsp3) is 0.500. The van der Waals surface area contributed by atoms with E-state index in [1.807, 2.05) is 0 Å². The van der Waals surface area contributed by atoms with Crippen molar-refractivity contribution >= 4 is 16.9 Å². The zero-order chi connectivity index (χ0) is 13.7. The number of aromatic amines is 1. The Bertz CT molecular complexity index is 476. The van der Waals surface area contributed by atoms with Gasteiger partial charge >= 0.3 is 0 Å². The van der Waals surface area contributed by atoms with Gasteiger partial charge in [-0.05, 0) is 6.42 Å². The van der Waals surface area contributed by atoms with Crippen molar-refractivity contribution in [1.82, 2.24) is 9.97 Å². The summed E-state index contributed by atoms with van der Waals surface area (Å²) in [6.45, 7) is 1.39. The van der Waals surface area contributed by atoms with Gasteiger partial charge in [-0.1, -0.05) is 11.8 Å². The van der Waals surface area contributed by atoms with Gasteiger partial charge in [0.25, 0.3) is 5.56 Å². The molecule has 1 rings (SSSR count). The number of H-pyrrole nitrogens is 1. The van der Waals surface area contributed by atoms with Crippen LogP contribution in [0, 0.1) is 0 Å². The van der Waals surface area contributed by atoms with Gasteiger partial charge in [0.15, 0.2) is 5.12 Å². The monoisotopic (exact) mass is 274 g/mol. The summed E-state index contributed by atoms with van der Waals surface area (Å²) < 4.78 is 0. The fourth-order valence-electron chi connectivity index (χ4n) is 1.34. The third kappa shape index (κ3) is 3.83. The van der Waals surface area contributed by atoms with Crippen LogP contribution in [0.15, 0.2) is 11.1 Å². The Morgan fingerprint density at radius 3 is 2.78 bits per heavy atom. The first-order valence-corrected chi connectivity index (χ1v) is 6.18. The van der Waals surface area contributed by atoms with Crippen LogP contribution in [0.3, 0.4) is 0 Å².